The van der Waals surface area contributed by atoms with Crippen molar-refractivity contribution in [3.05, 3.63) is 65.7 Å². The van der Waals surface area contributed by atoms with Gasteiger partial charge in [0.2, 0.25) is 0 Å². The highest BCUT2D eigenvalue weighted by molar-refractivity contribution is 5.98. The Hall–Kier alpha value is -2.86. The van der Waals surface area contributed by atoms with Gasteiger partial charge in [0.1, 0.15) is 11.6 Å². The highest BCUT2D eigenvalue weighted by atomic mass is 16.5. The quantitative estimate of drug-likeness (QED) is 0.481. The molecule has 0 N–H and O–H groups in total. The molecule has 0 saturated heterocycles. The Morgan fingerprint density at radius 2 is 1.64 bits per heavy atom. The summed E-state index contributed by atoms with van der Waals surface area (Å²) >= 11 is 0. The smallest absolute Gasteiger partial charge is 0.349 e. The molecule has 0 radical (unpaired) electrons. The molecule has 3 heteroatoms. The minimum Gasteiger partial charge on any atom is -0.459 e. The Kier molecular flexibility index (Phi) is 5.11. The molecule has 2 rings (SSSR count). The van der Waals surface area contributed by atoms with Crippen molar-refractivity contribution in [3.8, 4) is 17.2 Å². The first-order valence-corrected chi connectivity index (χ1v) is 7.08. The molecule has 0 amide bonds. The van der Waals surface area contributed by atoms with Gasteiger partial charge in [-0.05, 0) is 36.6 Å². The number of nitrogens with zero attached hydrogens (tertiary/aromatic N) is 1. The maximum atomic E-state index is 11.8. The van der Waals surface area contributed by atoms with Gasteiger partial charge in [0, 0.05) is 0 Å². The van der Waals surface area contributed by atoms with Gasteiger partial charge in [-0.1, -0.05) is 54.6 Å². The number of ether oxygens (including phenoxy) is 1. The number of benzene rings is 2. The predicted molar refractivity (Wildman–Crippen MR) is 86.7 cm³/mol. The lowest BCUT2D eigenvalue weighted by molar-refractivity contribution is -0.142. The molecular weight excluding hydrogens is 274 g/mol. The van der Waals surface area contributed by atoms with Crippen molar-refractivity contribution in [2.75, 3.05) is 0 Å². The second kappa shape index (κ2) is 7.24. The molecule has 0 fully saturated rings. The fourth-order valence-corrected chi connectivity index (χ4v) is 1.98. The molecular formula is C19H17NO2. The molecule has 0 aliphatic heterocycles. The number of hydrogen-bond acceptors (Lipinski definition) is 3. The lowest BCUT2D eigenvalue weighted by Crippen LogP contribution is -2.12. The van der Waals surface area contributed by atoms with E-state index in [0.29, 0.717) is 0 Å². The maximum Gasteiger partial charge on any atom is 0.349 e. The number of carbonyl (C=O) groups is 1. The van der Waals surface area contributed by atoms with Crippen molar-refractivity contribution in [2.45, 2.75) is 20.0 Å². The molecule has 2 aromatic rings. The molecule has 0 aromatic heterocycles. The molecule has 0 aliphatic carbocycles. The van der Waals surface area contributed by atoms with E-state index in [2.05, 4.69) is 0 Å². The average molecular weight is 291 g/mol. The summed E-state index contributed by atoms with van der Waals surface area (Å²) in [7, 11) is 0. The number of esters is 1. The molecule has 22 heavy (non-hydrogen) atoms. The van der Waals surface area contributed by atoms with Gasteiger partial charge >= 0.3 is 5.97 Å². The summed E-state index contributed by atoms with van der Waals surface area (Å²) in [6.45, 7) is 3.50. The monoisotopic (exact) mass is 291 g/mol. The van der Waals surface area contributed by atoms with E-state index >= 15 is 0 Å². The Balaban J connectivity index is 2.21. The first-order valence-electron chi connectivity index (χ1n) is 7.08. The highest BCUT2D eigenvalue weighted by Gasteiger charge is 2.12. The summed E-state index contributed by atoms with van der Waals surface area (Å²) in [4.78, 5) is 11.8. The van der Waals surface area contributed by atoms with E-state index in [4.69, 9.17) is 10.00 Å². The topological polar surface area (TPSA) is 50.1 Å². The van der Waals surface area contributed by atoms with Gasteiger partial charge in [-0.15, -0.1) is 0 Å². The lowest BCUT2D eigenvalue weighted by Gasteiger charge is -2.06. The Labute approximate surface area is 130 Å². The van der Waals surface area contributed by atoms with Crippen molar-refractivity contribution in [1.29, 1.82) is 5.26 Å². The van der Waals surface area contributed by atoms with Crippen LogP contribution in [-0.2, 0) is 9.53 Å². The van der Waals surface area contributed by atoms with Crippen LogP contribution >= 0.6 is 0 Å². The normalized spacial score (nSPS) is 11.1. The van der Waals surface area contributed by atoms with Crippen molar-refractivity contribution in [2.24, 2.45) is 0 Å². The van der Waals surface area contributed by atoms with Crippen LogP contribution in [0.1, 0.15) is 19.4 Å². The second-order valence-corrected chi connectivity index (χ2v) is 5.11. The Morgan fingerprint density at radius 3 is 2.18 bits per heavy atom. The summed E-state index contributed by atoms with van der Waals surface area (Å²) < 4.78 is 5.04. The second-order valence-electron chi connectivity index (χ2n) is 5.11. The summed E-state index contributed by atoms with van der Waals surface area (Å²) in [6, 6.07) is 19.6. The Bertz CT molecular complexity index is 707. The van der Waals surface area contributed by atoms with E-state index in [0.717, 1.165) is 16.7 Å². The number of nitriles is 1. The van der Waals surface area contributed by atoms with Gasteiger partial charge in [0.25, 0.3) is 0 Å². The van der Waals surface area contributed by atoms with Crippen molar-refractivity contribution < 1.29 is 9.53 Å². The molecule has 110 valence electrons. The summed E-state index contributed by atoms with van der Waals surface area (Å²) in [5, 5.41) is 9.08. The van der Waals surface area contributed by atoms with Crippen LogP contribution in [0.25, 0.3) is 17.2 Å². The third kappa shape index (κ3) is 4.07. The van der Waals surface area contributed by atoms with Crippen LogP contribution in [0.15, 0.2) is 60.2 Å². The highest BCUT2D eigenvalue weighted by Crippen LogP contribution is 2.20. The van der Waals surface area contributed by atoms with E-state index in [1.165, 1.54) is 0 Å². The molecule has 0 heterocycles. The first-order chi connectivity index (χ1) is 10.6. The number of hydrogen-bond donors (Lipinski definition) is 0. The van der Waals surface area contributed by atoms with Crippen LogP contribution in [0, 0.1) is 11.3 Å². The largest absolute Gasteiger partial charge is 0.459 e. The SMILES string of the molecule is CC(C)OC(=O)C(C#N)=Cc1ccc(-c2ccccc2)cc1. The van der Waals surface area contributed by atoms with Crippen LogP contribution in [0.3, 0.4) is 0 Å². The molecule has 0 spiro atoms. The van der Waals surface area contributed by atoms with Gasteiger partial charge in [-0.25, -0.2) is 4.79 Å². The van der Waals surface area contributed by atoms with Crippen molar-refractivity contribution in [3.63, 3.8) is 0 Å². The third-order valence-electron chi connectivity index (χ3n) is 3.01. The van der Waals surface area contributed by atoms with E-state index in [1.807, 2.05) is 60.7 Å². The van der Waals surface area contributed by atoms with Crippen LogP contribution < -0.4 is 0 Å². The number of carbonyl (C=O) groups excluding carboxylic acids is 1. The molecule has 0 saturated carbocycles. The van der Waals surface area contributed by atoms with Crippen LogP contribution in [0.4, 0.5) is 0 Å². The average Bonchev–Trinajstić information content (AvgIpc) is 2.53. The fraction of sp³-hybridized carbons (Fsp3) is 0.158. The van der Waals surface area contributed by atoms with Gasteiger partial charge in [-0.3, -0.25) is 0 Å². The summed E-state index contributed by atoms with van der Waals surface area (Å²) in [5.41, 5.74) is 3.00. The zero-order chi connectivity index (χ0) is 15.9. The van der Waals surface area contributed by atoms with E-state index < -0.39 is 5.97 Å². The molecule has 0 atom stereocenters. The zero-order valence-electron chi connectivity index (χ0n) is 12.6. The molecule has 3 nitrogen and oxygen atoms in total. The summed E-state index contributed by atoms with van der Waals surface area (Å²) in [5.74, 6) is -0.593. The fourth-order valence-electron chi connectivity index (χ4n) is 1.98. The standard InChI is InChI=1S/C19H17NO2/c1-14(2)22-19(21)18(13-20)12-15-8-10-17(11-9-15)16-6-4-3-5-7-16/h3-12,14H,1-2H3. The van der Waals surface area contributed by atoms with Crippen LogP contribution in [0.2, 0.25) is 0 Å². The Morgan fingerprint density at radius 1 is 1.05 bits per heavy atom. The lowest BCUT2D eigenvalue weighted by atomic mass is 10.0. The molecule has 0 bridgehead atoms. The van der Waals surface area contributed by atoms with Crippen molar-refractivity contribution >= 4 is 12.0 Å². The minimum absolute atomic E-state index is 0.00108. The van der Waals surface area contributed by atoms with E-state index in [9.17, 15) is 4.79 Å². The van der Waals surface area contributed by atoms with E-state index in [1.54, 1.807) is 19.9 Å². The first kappa shape index (κ1) is 15.5. The van der Waals surface area contributed by atoms with Crippen molar-refractivity contribution in [1.82, 2.24) is 0 Å². The molecule has 2 aromatic carbocycles. The van der Waals surface area contributed by atoms with Crippen LogP contribution in [-0.4, -0.2) is 12.1 Å². The molecule has 0 unspecified atom stereocenters. The predicted octanol–water partition coefficient (Wildman–Crippen LogP) is 4.21. The van der Waals surface area contributed by atoms with Crippen LogP contribution in [0.5, 0.6) is 0 Å². The van der Waals surface area contributed by atoms with Gasteiger partial charge in [0.05, 0.1) is 6.10 Å². The van der Waals surface area contributed by atoms with Gasteiger partial charge in [0.15, 0.2) is 0 Å². The van der Waals surface area contributed by atoms with Gasteiger partial charge < -0.3 is 4.74 Å². The van der Waals surface area contributed by atoms with Gasteiger partial charge in [-0.2, -0.15) is 5.26 Å². The van der Waals surface area contributed by atoms with E-state index in [-0.39, 0.29) is 11.7 Å². The third-order valence-corrected chi connectivity index (χ3v) is 3.01. The zero-order valence-corrected chi connectivity index (χ0v) is 12.6. The minimum atomic E-state index is -0.593. The molecule has 0 aliphatic rings. The number of rotatable bonds is 4. The summed E-state index contributed by atoms with van der Waals surface area (Å²) in [6.07, 6.45) is 1.30. The maximum absolute atomic E-state index is 11.8.